The van der Waals surface area contributed by atoms with E-state index in [9.17, 15) is 9.59 Å². The number of amides is 1. The number of hydrogen-bond acceptors (Lipinski definition) is 7. The summed E-state index contributed by atoms with van der Waals surface area (Å²) in [7, 11) is 1.29. The molecule has 88 valence electrons. The number of carbonyl (C=O) groups excluding carboxylic acids is 2. The van der Waals surface area contributed by atoms with E-state index in [4.69, 9.17) is 5.73 Å². The van der Waals surface area contributed by atoms with E-state index in [-0.39, 0.29) is 12.3 Å². The molecule has 0 fully saturated rings. The molecule has 7 nitrogen and oxygen atoms in total. The van der Waals surface area contributed by atoms with Crippen molar-refractivity contribution in [3.8, 4) is 0 Å². The summed E-state index contributed by atoms with van der Waals surface area (Å²) in [5.41, 5.74) is 5.01. The molecule has 1 aromatic heterocycles. The van der Waals surface area contributed by atoms with Crippen LogP contribution in [-0.4, -0.2) is 37.3 Å². The first-order valence-electron chi connectivity index (χ1n) is 4.33. The van der Waals surface area contributed by atoms with E-state index in [0.29, 0.717) is 11.7 Å². The minimum atomic E-state index is -0.823. The molecule has 16 heavy (non-hydrogen) atoms. The number of nitrogens with one attached hydrogen (secondary N) is 1. The SMILES string of the molecule is COC(=O)c1csc(NCCOC(N)=O)n1. The smallest absolute Gasteiger partial charge is 0.404 e. The van der Waals surface area contributed by atoms with Gasteiger partial charge in [0, 0.05) is 5.38 Å². The third-order valence-electron chi connectivity index (χ3n) is 1.52. The van der Waals surface area contributed by atoms with E-state index >= 15 is 0 Å². The van der Waals surface area contributed by atoms with E-state index in [2.05, 4.69) is 19.8 Å². The van der Waals surface area contributed by atoms with Crippen molar-refractivity contribution in [3.63, 3.8) is 0 Å². The second-order valence-corrected chi connectivity index (χ2v) is 3.48. The van der Waals surface area contributed by atoms with Crippen molar-refractivity contribution in [2.24, 2.45) is 5.73 Å². The molecule has 0 bridgehead atoms. The quantitative estimate of drug-likeness (QED) is 0.576. The second kappa shape index (κ2) is 5.91. The zero-order valence-corrected chi connectivity index (χ0v) is 9.37. The summed E-state index contributed by atoms with van der Waals surface area (Å²) in [5.74, 6) is -0.488. The molecule has 1 rings (SSSR count). The average molecular weight is 245 g/mol. The van der Waals surface area contributed by atoms with Crippen molar-refractivity contribution in [2.75, 3.05) is 25.6 Å². The van der Waals surface area contributed by atoms with Gasteiger partial charge in [0.05, 0.1) is 13.7 Å². The Kier molecular flexibility index (Phi) is 4.52. The first kappa shape index (κ1) is 12.2. The Balaban J connectivity index is 2.35. The number of methoxy groups -OCH3 is 1. The van der Waals surface area contributed by atoms with Gasteiger partial charge in [-0.1, -0.05) is 0 Å². The average Bonchev–Trinajstić information content (AvgIpc) is 2.71. The molecule has 1 aromatic rings. The van der Waals surface area contributed by atoms with Crippen molar-refractivity contribution >= 4 is 28.5 Å². The van der Waals surface area contributed by atoms with Crippen LogP contribution in [0.5, 0.6) is 0 Å². The number of thiazole rings is 1. The molecule has 0 radical (unpaired) electrons. The highest BCUT2D eigenvalue weighted by atomic mass is 32.1. The van der Waals surface area contributed by atoms with E-state index < -0.39 is 12.1 Å². The molecule has 0 saturated heterocycles. The molecule has 0 aliphatic carbocycles. The van der Waals surface area contributed by atoms with Crippen LogP contribution >= 0.6 is 11.3 Å². The van der Waals surface area contributed by atoms with E-state index in [1.807, 2.05) is 0 Å². The van der Waals surface area contributed by atoms with Gasteiger partial charge in [0.2, 0.25) is 0 Å². The molecule has 0 aromatic carbocycles. The molecular formula is C8H11N3O4S. The van der Waals surface area contributed by atoms with Crippen molar-refractivity contribution in [2.45, 2.75) is 0 Å². The van der Waals surface area contributed by atoms with Crippen LogP contribution in [0.1, 0.15) is 10.5 Å². The standard InChI is InChI=1S/C8H11N3O4S/c1-14-6(12)5-4-16-8(11-5)10-2-3-15-7(9)13/h4H,2-3H2,1H3,(H2,9,13)(H,10,11). The number of ether oxygens (including phenoxy) is 2. The number of nitrogens with two attached hydrogens (primary N) is 1. The topological polar surface area (TPSA) is 104 Å². The highest BCUT2D eigenvalue weighted by Crippen LogP contribution is 2.15. The largest absolute Gasteiger partial charge is 0.464 e. The molecule has 0 aliphatic rings. The molecule has 0 saturated carbocycles. The van der Waals surface area contributed by atoms with E-state index in [1.54, 1.807) is 5.38 Å². The van der Waals surface area contributed by atoms with Crippen LogP contribution in [0, 0.1) is 0 Å². The summed E-state index contributed by atoms with van der Waals surface area (Å²) in [5, 5.41) is 4.99. The predicted molar refractivity (Wildman–Crippen MR) is 57.5 cm³/mol. The Hall–Kier alpha value is -1.83. The molecule has 0 atom stereocenters. The Morgan fingerprint density at radius 3 is 3.00 bits per heavy atom. The third-order valence-corrected chi connectivity index (χ3v) is 2.32. The number of hydrogen-bond donors (Lipinski definition) is 2. The van der Waals surface area contributed by atoms with Crippen LogP contribution in [0.15, 0.2) is 5.38 Å². The van der Waals surface area contributed by atoms with Crippen LogP contribution in [0.25, 0.3) is 0 Å². The molecule has 0 unspecified atom stereocenters. The van der Waals surface area contributed by atoms with Gasteiger partial charge in [-0.15, -0.1) is 11.3 Å². The summed E-state index contributed by atoms with van der Waals surface area (Å²) in [6, 6.07) is 0. The number of esters is 1. The van der Waals surface area contributed by atoms with Gasteiger partial charge in [-0.2, -0.15) is 0 Å². The van der Waals surface area contributed by atoms with Crippen LogP contribution in [0.3, 0.4) is 0 Å². The normalized spacial score (nSPS) is 9.56. The number of rotatable bonds is 5. The molecular weight excluding hydrogens is 234 g/mol. The molecule has 8 heteroatoms. The van der Waals surface area contributed by atoms with E-state index in [1.165, 1.54) is 18.4 Å². The van der Waals surface area contributed by atoms with Gasteiger partial charge in [-0.25, -0.2) is 14.6 Å². The molecule has 1 amide bonds. The third kappa shape index (κ3) is 3.73. The van der Waals surface area contributed by atoms with Crippen LogP contribution in [-0.2, 0) is 9.47 Å². The lowest BCUT2D eigenvalue weighted by atomic mass is 10.5. The maximum Gasteiger partial charge on any atom is 0.404 e. The van der Waals surface area contributed by atoms with Crippen LogP contribution < -0.4 is 11.1 Å². The Bertz CT molecular complexity index is 379. The minimum absolute atomic E-state index is 0.141. The van der Waals surface area contributed by atoms with Gasteiger partial charge in [0.25, 0.3) is 0 Å². The Morgan fingerprint density at radius 1 is 1.62 bits per heavy atom. The molecule has 0 spiro atoms. The summed E-state index contributed by atoms with van der Waals surface area (Å²) >= 11 is 1.26. The lowest BCUT2D eigenvalue weighted by Crippen LogP contribution is -2.18. The summed E-state index contributed by atoms with van der Waals surface area (Å²) < 4.78 is 9.00. The maximum atomic E-state index is 11.1. The lowest BCUT2D eigenvalue weighted by molar-refractivity contribution is 0.0595. The fourth-order valence-electron chi connectivity index (χ4n) is 0.863. The number of primary amides is 1. The molecule has 1 heterocycles. The van der Waals surface area contributed by atoms with Gasteiger partial charge < -0.3 is 20.5 Å². The van der Waals surface area contributed by atoms with Gasteiger partial charge >= 0.3 is 12.1 Å². The second-order valence-electron chi connectivity index (χ2n) is 2.62. The van der Waals surface area contributed by atoms with Gasteiger partial charge in [0.1, 0.15) is 6.61 Å². The number of anilines is 1. The van der Waals surface area contributed by atoms with Gasteiger partial charge in [-0.3, -0.25) is 0 Å². The van der Waals surface area contributed by atoms with Crippen LogP contribution in [0.4, 0.5) is 9.93 Å². The lowest BCUT2D eigenvalue weighted by Gasteiger charge is -2.01. The first-order chi connectivity index (χ1) is 7.63. The van der Waals surface area contributed by atoms with Crippen molar-refractivity contribution in [1.29, 1.82) is 0 Å². The maximum absolute atomic E-state index is 11.1. The highest BCUT2D eigenvalue weighted by molar-refractivity contribution is 7.13. The van der Waals surface area contributed by atoms with Crippen LogP contribution in [0.2, 0.25) is 0 Å². The fraction of sp³-hybridized carbons (Fsp3) is 0.375. The first-order valence-corrected chi connectivity index (χ1v) is 5.21. The number of aromatic nitrogens is 1. The monoisotopic (exact) mass is 245 g/mol. The Morgan fingerprint density at radius 2 is 2.38 bits per heavy atom. The fourth-order valence-corrected chi connectivity index (χ4v) is 1.57. The van der Waals surface area contributed by atoms with Gasteiger partial charge in [0.15, 0.2) is 10.8 Å². The van der Waals surface area contributed by atoms with Gasteiger partial charge in [-0.05, 0) is 0 Å². The number of nitrogens with zero attached hydrogens (tertiary/aromatic N) is 1. The molecule has 3 N–H and O–H groups in total. The zero-order valence-electron chi connectivity index (χ0n) is 8.56. The highest BCUT2D eigenvalue weighted by Gasteiger charge is 2.09. The predicted octanol–water partition coefficient (Wildman–Crippen LogP) is 0.437. The molecule has 0 aliphatic heterocycles. The Labute approximate surface area is 95.6 Å². The minimum Gasteiger partial charge on any atom is -0.464 e. The number of carbonyl (C=O) groups is 2. The zero-order chi connectivity index (χ0) is 12.0. The van der Waals surface area contributed by atoms with Crippen molar-refractivity contribution in [1.82, 2.24) is 4.98 Å². The summed E-state index contributed by atoms with van der Waals surface area (Å²) in [6.07, 6.45) is -0.823. The van der Waals surface area contributed by atoms with Crippen molar-refractivity contribution in [3.05, 3.63) is 11.1 Å². The van der Waals surface area contributed by atoms with Crippen molar-refractivity contribution < 1.29 is 19.1 Å². The summed E-state index contributed by atoms with van der Waals surface area (Å²) in [4.78, 5) is 25.3. The summed E-state index contributed by atoms with van der Waals surface area (Å²) in [6.45, 7) is 0.513. The van der Waals surface area contributed by atoms with E-state index in [0.717, 1.165) is 0 Å².